The molecule has 6 nitrogen and oxygen atoms in total. The van der Waals surface area contributed by atoms with E-state index in [1.54, 1.807) is 23.0 Å². The number of nitro benzene ring substituents is 1. The number of nitro groups is 1. The molecule has 0 unspecified atom stereocenters. The van der Waals surface area contributed by atoms with E-state index in [4.69, 9.17) is 0 Å². The number of hydrogen-bond donors (Lipinski definition) is 0. The summed E-state index contributed by atoms with van der Waals surface area (Å²) in [5.74, 6) is 0. The Labute approximate surface area is 128 Å². The first-order chi connectivity index (χ1) is 10.1. The Morgan fingerprint density at radius 1 is 1.10 bits per heavy atom. The second-order valence-electron chi connectivity index (χ2n) is 4.30. The van der Waals surface area contributed by atoms with E-state index < -0.39 is 4.92 Å². The fraction of sp³-hybridized carbons (Fsp3) is 0. The molecule has 1 heterocycles. The Bertz CT molecular complexity index is 799. The molecule has 7 heteroatoms. The predicted molar refractivity (Wildman–Crippen MR) is 81.1 cm³/mol. The summed E-state index contributed by atoms with van der Waals surface area (Å²) in [5.41, 5.74) is 2.42. The molecule has 0 aliphatic rings. The minimum Gasteiger partial charge on any atom is -0.258 e. The number of benzene rings is 2. The van der Waals surface area contributed by atoms with Gasteiger partial charge in [0.05, 0.1) is 16.8 Å². The van der Waals surface area contributed by atoms with Gasteiger partial charge in [0, 0.05) is 22.2 Å². The van der Waals surface area contributed by atoms with Gasteiger partial charge < -0.3 is 0 Å². The third-order valence-electron chi connectivity index (χ3n) is 2.97. The van der Waals surface area contributed by atoms with E-state index in [1.807, 2.05) is 24.3 Å². The Morgan fingerprint density at radius 3 is 2.48 bits per heavy atom. The quantitative estimate of drug-likeness (QED) is 0.537. The van der Waals surface area contributed by atoms with Crippen molar-refractivity contribution in [1.82, 2.24) is 15.0 Å². The molecule has 1 aromatic heterocycles. The van der Waals surface area contributed by atoms with Crippen LogP contribution in [0.4, 0.5) is 5.69 Å². The second kappa shape index (κ2) is 5.45. The summed E-state index contributed by atoms with van der Waals surface area (Å²) < 4.78 is 2.51. The molecule has 0 amide bonds. The van der Waals surface area contributed by atoms with Crippen molar-refractivity contribution in [1.29, 1.82) is 0 Å². The molecule has 0 bridgehead atoms. The van der Waals surface area contributed by atoms with Crippen LogP contribution in [0.25, 0.3) is 16.9 Å². The van der Waals surface area contributed by atoms with Gasteiger partial charge in [-0.2, -0.15) is 0 Å². The summed E-state index contributed by atoms with van der Waals surface area (Å²) in [6.07, 6.45) is 1.78. The first kappa shape index (κ1) is 13.4. The van der Waals surface area contributed by atoms with Gasteiger partial charge in [0.1, 0.15) is 5.69 Å². The molecule has 3 aromatic rings. The molecule has 0 N–H and O–H groups in total. The Balaban J connectivity index is 1.95. The first-order valence-electron chi connectivity index (χ1n) is 6.07. The normalized spacial score (nSPS) is 10.5. The zero-order valence-electron chi connectivity index (χ0n) is 10.7. The smallest absolute Gasteiger partial charge is 0.258 e. The summed E-state index contributed by atoms with van der Waals surface area (Å²) in [6, 6.07) is 13.9. The molecule has 21 heavy (non-hydrogen) atoms. The number of nitrogens with zero attached hydrogens (tertiary/aromatic N) is 4. The molecule has 3 rings (SSSR count). The summed E-state index contributed by atoms with van der Waals surface area (Å²) in [4.78, 5) is 10.2. The molecule has 0 saturated carbocycles. The highest BCUT2D eigenvalue weighted by Gasteiger charge is 2.09. The molecule has 0 aliphatic carbocycles. The van der Waals surface area contributed by atoms with E-state index in [9.17, 15) is 10.1 Å². The van der Waals surface area contributed by atoms with Gasteiger partial charge in [-0.05, 0) is 18.2 Å². The van der Waals surface area contributed by atoms with Crippen LogP contribution in [0.5, 0.6) is 0 Å². The van der Waals surface area contributed by atoms with E-state index in [1.165, 1.54) is 12.1 Å². The van der Waals surface area contributed by atoms with Crippen LogP contribution in [0, 0.1) is 10.1 Å². The Hall–Kier alpha value is -2.54. The maximum absolute atomic E-state index is 10.6. The average molecular weight is 345 g/mol. The van der Waals surface area contributed by atoms with Gasteiger partial charge in [0.15, 0.2) is 0 Å². The highest BCUT2D eigenvalue weighted by molar-refractivity contribution is 9.10. The lowest BCUT2D eigenvalue weighted by atomic mass is 10.2. The van der Waals surface area contributed by atoms with Gasteiger partial charge >= 0.3 is 0 Å². The standard InChI is InChI=1S/C14H9BrN4O2/c15-13-4-2-1-3-12(13)14-9-18(17-16-14)10-5-7-11(8-6-10)19(20)21/h1-9H. The number of rotatable bonds is 3. The van der Waals surface area contributed by atoms with E-state index in [0.717, 1.165) is 15.7 Å². The van der Waals surface area contributed by atoms with E-state index in [-0.39, 0.29) is 5.69 Å². The average Bonchev–Trinajstić information content (AvgIpc) is 2.97. The molecule has 104 valence electrons. The lowest BCUT2D eigenvalue weighted by Gasteiger charge is -2.00. The minimum atomic E-state index is -0.433. The Morgan fingerprint density at radius 2 is 1.81 bits per heavy atom. The highest BCUT2D eigenvalue weighted by Crippen LogP contribution is 2.26. The predicted octanol–water partition coefficient (Wildman–Crippen LogP) is 3.61. The zero-order valence-corrected chi connectivity index (χ0v) is 12.3. The minimum absolute atomic E-state index is 0.0462. The maximum Gasteiger partial charge on any atom is 0.269 e. The molecule has 0 aliphatic heterocycles. The second-order valence-corrected chi connectivity index (χ2v) is 5.16. The third kappa shape index (κ3) is 2.68. The van der Waals surface area contributed by atoms with Crippen LogP contribution in [0.3, 0.4) is 0 Å². The zero-order chi connectivity index (χ0) is 14.8. The molecule has 0 fully saturated rings. The first-order valence-corrected chi connectivity index (χ1v) is 6.86. The van der Waals surface area contributed by atoms with Crippen LogP contribution in [0.2, 0.25) is 0 Å². The van der Waals surface area contributed by atoms with Crippen molar-refractivity contribution in [3.8, 4) is 16.9 Å². The van der Waals surface area contributed by atoms with Crippen LogP contribution in [-0.4, -0.2) is 19.9 Å². The van der Waals surface area contributed by atoms with Crippen molar-refractivity contribution >= 4 is 21.6 Å². The van der Waals surface area contributed by atoms with Gasteiger partial charge in [-0.1, -0.05) is 39.3 Å². The summed E-state index contributed by atoms with van der Waals surface area (Å²) in [7, 11) is 0. The fourth-order valence-corrected chi connectivity index (χ4v) is 2.40. The Kier molecular flexibility index (Phi) is 3.49. The molecular formula is C14H9BrN4O2. The summed E-state index contributed by atoms with van der Waals surface area (Å²) in [5, 5.41) is 18.8. The molecule has 0 radical (unpaired) electrons. The summed E-state index contributed by atoms with van der Waals surface area (Å²) in [6.45, 7) is 0. The van der Waals surface area contributed by atoms with Crippen molar-refractivity contribution in [3.63, 3.8) is 0 Å². The van der Waals surface area contributed by atoms with E-state index in [0.29, 0.717) is 5.69 Å². The van der Waals surface area contributed by atoms with Gasteiger partial charge in [0.25, 0.3) is 5.69 Å². The molecule has 0 spiro atoms. The molecular weight excluding hydrogens is 336 g/mol. The number of aromatic nitrogens is 3. The molecule has 0 saturated heterocycles. The van der Waals surface area contributed by atoms with Crippen molar-refractivity contribution in [3.05, 3.63) is 69.3 Å². The fourth-order valence-electron chi connectivity index (χ4n) is 1.91. The molecule has 2 aromatic carbocycles. The van der Waals surface area contributed by atoms with Crippen LogP contribution in [0.1, 0.15) is 0 Å². The van der Waals surface area contributed by atoms with Gasteiger partial charge in [-0.25, -0.2) is 4.68 Å². The van der Waals surface area contributed by atoms with Crippen LogP contribution in [-0.2, 0) is 0 Å². The van der Waals surface area contributed by atoms with Crippen molar-refractivity contribution in [2.75, 3.05) is 0 Å². The molecule has 0 atom stereocenters. The highest BCUT2D eigenvalue weighted by atomic mass is 79.9. The number of non-ortho nitro benzene ring substituents is 1. The van der Waals surface area contributed by atoms with Crippen LogP contribution in [0.15, 0.2) is 59.2 Å². The summed E-state index contributed by atoms with van der Waals surface area (Å²) >= 11 is 3.47. The SMILES string of the molecule is O=[N+]([O-])c1ccc(-n2cc(-c3ccccc3Br)nn2)cc1. The number of halogens is 1. The van der Waals surface area contributed by atoms with E-state index >= 15 is 0 Å². The lowest BCUT2D eigenvalue weighted by Crippen LogP contribution is -1.95. The maximum atomic E-state index is 10.6. The third-order valence-corrected chi connectivity index (χ3v) is 3.66. The number of hydrogen-bond acceptors (Lipinski definition) is 4. The van der Waals surface area contributed by atoms with Crippen LogP contribution >= 0.6 is 15.9 Å². The largest absolute Gasteiger partial charge is 0.269 e. The lowest BCUT2D eigenvalue weighted by molar-refractivity contribution is -0.384. The van der Waals surface area contributed by atoms with Crippen molar-refractivity contribution in [2.24, 2.45) is 0 Å². The van der Waals surface area contributed by atoms with Gasteiger partial charge in [-0.3, -0.25) is 10.1 Å². The van der Waals surface area contributed by atoms with Crippen molar-refractivity contribution in [2.45, 2.75) is 0 Å². The topological polar surface area (TPSA) is 73.8 Å². The van der Waals surface area contributed by atoms with Crippen LogP contribution < -0.4 is 0 Å². The monoisotopic (exact) mass is 344 g/mol. The van der Waals surface area contributed by atoms with Gasteiger partial charge in [-0.15, -0.1) is 5.10 Å². The van der Waals surface area contributed by atoms with E-state index in [2.05, 4.69) is 26.2 Å². The van der Waals surface area contributed by atoms with Gasteiger partial charge in [0.2, 0.25) is 0 Å². The van der Waals surface area contributed by atoms with Crippen molar-refractivity contribution < 1.29 is 4.92 Å².